The molecule has 1 aliphatic heterocycles. The van der Waals surface area contributed by atoms with E-state index in [9.17, 15) is 18.3 Å². The Kier molecular flexibility index (Phi) is 5.90. The lowest BCUT2D eigenvalue weighted by atomic mass is 9.81. The lowest BCUT2D eigenvalue weighted by molar-refractivity contribution is -0.137. The van der Waals surface area contributed by atoms with Crippen molar-refractivity contribution in [2.45, 2.75) is 82.6 Å². The number of halogens is 3. The second-order valence-electron chi connectivity index (χ2n) is 10.5. The zero-order chi connectivity index (χ0) is 24.8. The number of nitrogens with zero attached hydrogens (tertiary/aromatic N) is 2. The number of rotatable bonds is 5. The average molecular weight is 486 g/mol. The van der Waals surface area contributed by atoms with Crippen molar-refractivity contribution in [3.63, 3.8) is 0 Å². The number of nitrogens with one attached hydrogen (secondary N) is 1. The Morgan fingerprint density at radius 2 is 1.83 bits per heavy atom. The third-order valence-corrected chi connectivity index (χ3v) is 7.09. The first-order valence-electron chi connectivity index (χ1n) is 12.2. The SMILES string of the molecule is CC(C)(O)CCc1cc(-c2ccccc2C(F)(F)F)cc2[nH]c(C3=NOC4(CCCCC4)C3)nc12. The van der Waals surface area contributed by atoms with Crippen molar-refractivity contribution < 1.29 is 23.1 Å². The highest BCUT2D eigenvalue weighted by Crippen LogP contribution is 2.41. The lowest BCUT2D eigenvalue weighted by Gasteiger charge is -2.30. The van der Waals surface area contributed by atoms with Crippen molar-refractivity contribution in [3.8, 4) is 11.1 Å². The van der Waals surface area contributed by atoms with Gasteiger partial charge in [0, 0.05) is 6.42 Å². The number of oxime groups is 1. The maximum Gasteiger partial charge on any atom is 0.417 e. The minimum atomic E-state index is -4.47. The summed E-state index contributed by atoms with van der Waals surface area (Å²) in [6, 6.07) is 9.08. The summed E-state index contributed by atoms with van der Waals surface area (Å²) >= 11 is 0. The second-order valence-corrected chi connectivity index (χ2v) is 10.5. The van der Waals surface area contributed by atoms with E-state index in [4.69, 9.17) is 9.82 Å². The second kappa shape index (κ2) is 8.66. The molecule has 2 aliphatic rings. The summed E-state index contributed by atoms with van der Waals surface area (Å²) in [5.74, 6) is 0.591. The summed E-state index contributed by atoms with van der Waals surface area (Å²) in [7, 11) is 0. The van der Waals surface area contributed by atoms with Gasteiger partial charge in [-0.2, -0.15) is 13.2 Å². The zero-order valence-corrected chi connectivity index (χ0v) is 20.0. The Morgan fingerprint density at radius 3 is 2.54 bits per heavy atom. The number of hydrogen-bond donors (Lipinski definition) is 2. The largest absolute Gasteiger partial charge is 0.417 e. The number of benzene rings is 2. The van der Waals surface area contributed by atoms with E-state index < -0.39 is 17.3 Å². The van der Waals surface area contributed by atoms with Gasteiger partial charge >= 0.3 is 6.18 Å². The van der Waals surface area contributed by atoms with E-state index in [2.05, 4.69) is 10.1 Å². The Bertz CT molecular complexity index is 1260. The van der Waals surface area contributed by atoms with Gasteiger partial charge in [-0.25, -0.2) is 4.98 Å². The predicted molar refractivity (Wildman–Crippen MR) is 129 cm³/mol. The summed E-state index contributed by atoms with van der Waals surface area (Å²) < 4.78 is 41.3. The molecule has 186 valence electrons. The van der Waals surface area contributed by atoms with Crippen molar-refractivity contribution in [2.24, 2.45) is 5.16 Å². The molecule has 1 aliphatic carbocycles. The molecule has 5 nitrogen and oxygen atoms in total. The first-order valence-corrected chi connectivity index (χ1v) is 12.2. The third kappa shape index (κ3) is 4.94. The molecule has 2 N–H and O–H groups in total. The topological polar surface area (TPSA) is 70.5 Å². The molecular formula is C27H30F3N3O2. The number of aliphatic hydroxyl groups is 1. The van der Waals surface area contributed by atoms with Gasteiger partial charge in [0.15, 0.2) is 5.82 Å². The van der Waals surface area contributed by atoms with Crippen LogP contribution in [0.15, 0.2) is 41.6 Å². The van der Waals surface area contributed by atoms with E-state index in [0.717, 1.165) is 43.0 Å². The standard InChI is InChI=1S/C27H30F3N3O2/c1-25(2,34)13-10-17-14-18(19-8-4-5-9-20(19)27(28,29)30)15-21-23(17)32-24(31-21)22-16-26(35-33-22)11-6-3-7-12-26/h4-5,8-9,14-15,34H,3,6-7,10-13,16H2,1-2H3,(H,31,32). The molecular weight excluding hydrogens is 455 g/mol. The van der Waals surface area contributed by atoms with Crippen LogP contribution in [0.4, 0.5) is 13.2 Å². The van der Waals surface area contributed by atoms with Gasteiger partial charge < -0.3 is 14.9 Å². The summed E-state index contributed by atoms with van der Waals surface area (Å²) in [6.45, 7) is 3.44. The van der Waals surface area contributed by atoms with Crippen LogP contribution in [0.25, 0.3) is 22.2 Å². The van der Waals surface area contributed by atoms with E-state index >= 15 is 0 Å². The minimum Gasteiger partial charge on any atom is -0.390 e. The fraction of sp³-hybridized carbons (Fsp3) is 0.481. The van der Waals surface area contributed by atoms with Crippen LogP contribution in [0, 0.1) is 0 Å². The van der Waals surface area contributed by atoms with Crippen LogP contribution in [0.5, 0.6) is 0 Å². The molecule has 1 spiro atoms. The zero-order valence-electron chi connectivity index (χ0n) is 20.0. The molecule has 2 heterocycles. The van der Waals surface area contributed by atoms with E-state index in [1.54, 1.807) is 32.0 Å². The van der Waals surface area contributed by atoms with Crippen LogP contribution in [0.3, 0.4) is 0 Å². The van der Waals surface area contributed by atoms with E-state index in [0.29, 0.717) is 41.7 Å². The minimum absolute atomic E-state index is 0.116. The number of hydrogen-bond acceptors (Lipinski definition) is 4. The van der Waals surface area contributed by atoms with Gasteiger partial charge in [0.25, 0.3) is 0 Å². The number of fused-ring (bicyclic) bond motifs is 1. The number of aromatic nitrogens is 2. The molecule has 0 amide bonds. The summed E-state index contributed by atoms with van der Waals surface area (Å²) in [5.41, 5.74) is 1.58. The van der Waals surface area contributed by atoms with E-state index in [1.807, 2.05) is 0 Å². The Morgan fingerprint density at radius 1 is 1.09 bits per heavy atom. The molecule has 1 fully saturated rings. The quantitative estimate of drug-likeness (QED) is 0.419. The predicted octanol–water partition coefficient (Wildman–Crippen LogP) is 6.78. The molecule has 0 saturated heterocycles. The van der Waals surface area contributed by atoms with Gasteiger partial charge in [-0.1, -0.05) is 29.8 Å². The fourth-order valence-electron chi connectivity index (χ4n) is 5.21. The van der Waals surface area contributed by atoms with Crippen LogP contribution < -0.4 is 0 Å². The number of H-pyrrole nitrogens is 1. The molecule has 0 unspecified atom stereocenters. The van der Waals surface area contributed by atoms with Gasteiger partial charge in [0.05, 0.1) is 22.2 Å². The van der Waals surface area contributed by atoms with Crippen LogP contribution in [-0.2, 0) is 17.4 Å². The number of aromatic amines is 1. The van der Waals surface area contributed by atoms with Crippen LogP contribution in [0.2, 0.25) is 0 Å². The van der Waals surface area contributed by atoms with Crippen molar-refractivity contribution >= 4 is 16.7 Å². The number of aryl methyl sites for hydroxylation is 1. The fourth-order valence-corrected chi connectivity index (χ4v) is 5.21. The molecule has 0 radical (unpaired) electrons. The molecule has 35 heavy (non-hydrogen) atoms. The highest BCUT2D eigenvalue weighted by atomic mass is 19.4. The number of imidazole rings is 1. The van der Waals surface area contributed by atoms with Crippen LogP contribution in [-0.4, -0.2) is 32.0 Å². The Balaban J connectivity index is 1.57. The van der Waals surface area contributed by atoms with Gasteiger partial charge in [0.2, 0.25) is 0 Å². The average Bonchev–Trinajstić information content (AvgIpc) is 3.41. The lowest BCUT2D eigenvalue weighted by Crippen LogP contribution is -2.31. The van der Waals surface area contributed by atoms with Crippen molar-refractivity contribution in [1.29, 1.82) is 0 Å². The summed E-state index contributed by atoms with van der Waals surface area (Å²) in [6.07, 6.45) is 2.50. The smallest absolute Gasteiger partial charge is 0.390 e. The molecule has 1 saturated carbocycles. The molecule has 5 rings (SSSR count). The highest BCUT2D eigenvalue weighted by molar-refractivity contribution is 6.01. The van der Waals surface area contributed by atoms with E-state index in [-0.39, 0.29) is 11.2 Å². The molecule has 8 heteroatoms. The van der Waals surface area contributed by atoms with Crippen molar-refractivity contribution in [3.05, 3.63) is 53.3 Å². The van der Waals surface area contributed by atoms with Gasteiger partial charge in [0.1, 0.15) is 11.3 Å². The van der Waals surface area contributed by atoms with Crippen LogP contribution in [0.1, 0.15) is 75.7 Å². The summed E-state index contributed by atoms with van der Waals surface area (Å²) in [4.78, 5) is 14.0. The molecule has 0 atom stereocenters. The van der Waals surface area contributed by atoms with Crippen molar-refractivity contribution in [1.82, 2.24) is 9.97 Å². The van der Waals surface area contributed by atoms with Gasteiger partial charge in [-0.05, 0) is 87.3 Å². The Hall–Kier alpha value is -2.87. The maximum atomic E-state index is 13.8. The maximum absolute atomic E-state index is 13.8. The van der Waals surface area contributed by atoms with E-state index in [1.165, 1.54) is 18.6 Å². The molecule has 3 aromatic rings. The van der Waals surface area contributed by atoms with Gasteiger partial charge in [-0.15, -0.1) is 0 Å². The monoisotopic (exact) mass is 485 g/mol. The summed E-state index contributed by atoms with van der Waals surface area (Å²) in [5, 5.41) is 14.6. The third-order valence-electron chi connectivity index (χ3n) is 7.09. The highest BCUT2D eigenvalue weighted by Gasteiger charge is 2.41. The first-order chi connectivity index (χ1) is 16.5. The molecule has 0 bridgehead atoms. The van der Waals surface area contributed by atoms with Gasteiger partial charge in [-0.3, -0.25) is 0 Å². The molecule has 1 aromatic heterocycles. The molecule has 2 aromatic carbocycles. The Labute approximate surface area is 202 Å². The van der Waals surface area contributed by atoms with Crippen molar-refractivity contribution in [2.75, 3.05) is 0 Å². The first kappa shape index (κ1) is 23.9. The number of alkyl halides is 3. The normalized spacial score (nSPS) is 18.2. The van der Waals surface area contributed by atoms with Crippen LogP contribution >= 0.6 is 0 Å².